The Kier molecular flexibility index (Phi) is 3.36. The highest BCUT2D eigenvalue weighted by Crippen LogP contribution is 2.14. The molecule has 0 radical (unpaired) electrons. The number of carbonyl (C=O) groups is 1. The van der Waals surface area contributed by atoms with E-state index >= 15 is 0 Å². The minimum Gasteiger partial charge on any atom is -0.505 e. The van der Waals surface area contributed by atoms with Gasteiger partial charge in [-0.15, -0.1) is 0 Å². The van der Waals surface area contributed by atoms with Crippen LogP contribution in [0.1, 0.15) is 23.2 Å². The maximum Gasteiger partial charge on any atom is 0.255 e. The SMILES string of the molecule is O=C(NC1CCNCC1)c1ccncc1O. The van der Waals surface area contributed by atoms with E-state index in [0.29, 0.717) is 0 Å². The Balaban J connectivity index is 2.00. The van der Waals surface area contributed by atoms with Crippen molar-refractivity contribution in [2.75, 3.05) is 13.1 Å². The molecule has 2 rings (SSSR count). The van der Waals surface area contributed by atoms with Gasteiger partial charge in [0.25, 0.3) is 5.91 Å². The molecule has 5 heteroatoms. The van der Waals surface area contributed by atoms with Gasteiger partial charge in [0.1, 0.15) is 5.75 Å². The summed E-state index contributed by atoms with van der Waals surface area (Å²) in [6.45, 7) is 1.85. The molecule has 1 amide bonds. The van der Waals surface area contributed by atoms with Crippen LogP contribution in [0.5, 0.6) is 5.75 Å². The number of hydrogen-bond acceptors (Lipinski definition) is 4. The van der Waals surface area contributed by atoms with Gasteiger partial charge in [0.2, 0.25) is 0 Å². The summed E-state index contributed by atoms with van der Waals surface area (Å²) in [7, 11) is 0. The number of amides is 1. The van der Waals surface area contributed by atoms with Gasteiger partial charge in [-0.3, -0.25) is 9.78 Å². The Morgan fingerprint density at radius 1 is 1.50 bits per heavy atom. The van der Waals surface area contributed by atoms with Gasteiger partial charge in [0.15, 0.2) is 0 Å². The van der Waals surface area contributed by atoms with Crippen molar-refractivity contribution in [1.82, 2.24) is 15.6 Å². The first-order chi connectivity index (χ1) is 7.77. The molecule has 1 saturated heterocycles. The summed E-state index contributed by atoms with van der Waals surface area (Å²) in [4.78, 5) is 15.5. The Labute approximate surface area is 93.9 Å². The Hall–Kier alpha value is -1.62. The molecule has 0 atom stereocenters. The summed E-state index contributed by atoms with van der Waals surface area (Å²) in [5.41, 5.74) is 0.286. The van der Waals surface area contributed by atoms with Gasteiger partial charge in [-0.05, 0) is 32.0 Å². The molecule has 1 fully saturated rings. The first kappa shape index (κ1) is 10.9. The predicted octanol–water partition coefficient (Wildman–Crippen LogP) is 0.269. The molecule has 0 unspecified atom stereocenters. The van der Waals surface area contributed by atoms with E-state index in [1.165, 1.54) is 18.5 Å². The topological polar surface area (TPSA) is 74.2 Å². The highest BCUT2D eigenvalue weighted by molar-refractivity contribution is 5.96. The first-order valence-electron chi connectivity index (χ1n) is 5.42. The maximum absolute atomic E-state index is 11.8. The number of nitrogens with zero attached hydrogens (tertiary/aromatic N) is 1. The van der Waals surface area contributed by atoms with Gasteiger partial charge in [-0.25, -0.2) is 0 Å². The number of carbonyl (C=O) groups excluding carboxylic acids is 1. The van der Waals surface area contributed by atoms with Crippen molar-refractivity contribution in [2.45, 2.75) is 18.9 Å². The average Bonchev–Trinajstić information content (AvgIpc) is 2.31. The highest BCUT2D eigenvalue weighted by Gasteiger charge is 2.17. The van der Waals surface area contributed by atoms with Crippen LogP contribution in [0, 0.1) is 0 Å². The standard InChI is InChI=1S/C11H15N3O2/c15-10-7-13-6-3-9(10)11(16)14-8-1-4-12-5-2-8/h3,6-8,12,15H,1-2,4-5H2,(H,14,16). The molecule has 1 aliphatic rings. The normalized spacial score (nSPS) is 17.0. The fourth-order valence-corrected chi connectivity index (χ4v) is 1.81. The summed E-state index contributed by atoms with van der Waals surface area (Å²) in [6.07, 6.45) is 4.63. The van der Waals surface area contributed by atoms with Crippen molar-refractivity contribution in [1.29, 1.82) is 0 Å². The monoisotopic (exact) mass is 221 g/mol. The third-order valence-corrected chi connectivity index (χ3v) is 2.72. The van der Waals surface area contributed by atoms with Gasteiger partial charge in [-0.2, -0.15) is 0 Å². The molecule has 0 aliphatic carbocycles. The molecule has 0 aromatic carbocycles. The lowest BCUT2D eigenvalue weighted by Gasteiger charge is -2.23. The maximum atomic E-state index is 11.8. The smallest absolute Gasteiger partial charge is 0.255 e. The number of rotatable bonds is 2. The van der Waals surface area contributed by atoms with Crippen LogP contribution in [0.2, 0.25) is 0 Å². The molecule has 3 N–H and O–H groups in total. The number of nitrogens with one attached hydrogen (secondary N) is 2. The summed E-state index contributed by atoms with van der Waals surface area (Å²) in [5.74, 6) is -0.305. The number of piperidine rings is 1. The Morgan fingerprint density at radius 2 is 2.25 bits per heavy atom. The van der Waals surface area contributed by atoms with E-state index < -0.39 is 0 Å². The van der Waals surface area contributed by atoms with E-state index in [1.807, 2.05) is 0 Å². The van der Waals surface area contributed by atoms with E-state index in [2.05, 4.69) is 15.6 Å². The van der Waals surface area contributed by atoms with Gasteiger partial charge >= 0.3 is 0 Å². The van der Waals surface area contributed by atoms with Crippen molar-refractivity contribution in [3.05, 3.63) is 24.0 Å². The molecule has 0 saturated carbocycles. The lowest BCUT2D eigenvalue weighted by atomic mass is 10.1. The van der Waals surface area contributed by atoms with Crippen molar-refractivity contribution < 1.29 is 9.90 Å². The van der Waals surface area contributed by atoms with Crippen LogP contribution in [0.4, 0.5) is 0 Å². The second-order valence-corrected chi connectivity index (χ2v) is 3.89. The first-order valence-corrected chi connectivity index (χ1v) is 5.42. The zero-order chi connectivity index (χ0) is 11.4. The van der Waals surface area contributed by atoms with Crippen LogP contribution in [0.25, 0.3) is 0 Å². The second-order valence-electron chi connectivity index (χ2n) is 3.89. The van der Waals surface area contributed by atoms with Crippen molar-refractivity contribution in [2.24, 2.45) is 0 Å². The van der Waals surface area contributed by atoms with E-state index in [0.717, 1.165) is 25.9 Å². The second kappa shape index (κ2) is 4.94. The summed E-state index contributed by atoms with van der Waals surface area (Å²) in [5, 5.41) is 15.6. The summed E-state index contributed by atoms with van der Waals surface area (Å²) < 4.78 is 0. The molecule has 0 bridgehead atoms. The van der Waals surface area contributed by atoms with Crippen molar-refractivity contribution >= 4 is 5.91 Å². The molecule has 16 heavy (non-hydrogen) atoms. The zero-order valence-electron chi connectivity index (χ0n) is 8.94. The van der Waals surface area contributed by atoms with E-state index in [9.17, 15) is 9.90 Å². The average molecular weight is 221 g/mol. The van der Waals surface area contributed by atoms with Gasteiger partial charge < -0.3 is 15.7 Å². The molecular weight excluding hydrogens is 206 g/mol. The molecular formula is C11H15N3O2. The van der Waals surface area contributed by atoms with Gasteiger partial charge in [0.05, 0.1) is 11.8 Å². The largest absolute Gasteiger partial charge is 0.505 e. The number of hydrogen-bond donors (Lipinski definition) is 3. The Bertz CT molecular complexity index is 375. The van der Waals surface area contributed by atoms with Crippen LogP contribution in [-0.4, -0.2) is 35.1 Å². The van der Waals surface area contributed by atoms with Crippen LogP contribution < -0.4 is 10.6 Å². The van der Waals surface area contributed by atoms with Crippen LogP contribution >= 0.6 is 0 Å². The number of aromatic hydroxyl groups is 1. The molecule has 5 nitrogen and oxygen atoms in total. The molecule has 2 heterocycles. The van der Waals surface area contributed by atoms with Crippen molar-refractivity contribution in [3.8, 4) is 5.75 Å². The Morgan fingerprint density at radius 3 is 2.94 bits per heavy atom. The van der Waals surface area contributed by atoms with Gasteiger partial charge in [0, 0.05) is 12.2 Å². The predicted molar refractivity (Wildman–Crippen MR) is 59.3 cm³/mol. The highest BCUT2D eigenvalue weighted by atomic mass is 16.3. The minimum atomic E-state index is -0.230. The number of pyridine rings is 1. The van der Waals surface area contributed by atoms with E-state index in [4.69, 9.17) is 0 Å². The van der Waals surface area contributed by atoms with Crippen molar-refractivity contribution in [3.63, 3.8) is 0 Å². The third-order valence-electron chi connectivity index (χ3n) is 2.72. The molecule has 0 spiro atoms. The zero-order valence-corrected chi connectivity index (χ0v) is 8.94. The fraction of sp³-hybridized carbons (Fsp3) is 0.455. The molecule has 1 aromatic heterocycles. The quantitative estimate of drug-likeness (QED) is 0.670. The minimum absolute atomic E-state index is 0.0751. The lowest BCUT2D eigenvalue weighted by Crippen LogP contribution is -2.42. The summed E-state index contributed by atoms with van der Waals surface area (Å²) >= 11 is 0. The van der Waals surface area contributed by atoms with Crippen LogP contribution in [-0.2, 0) is 0 Å². The van der Waals surface area contributed by atoms with Crippen LogP contribution in [0.15, 0.2) is 18.5 Å². The molecule has 86 valence electrons. The molecule has 1 aromatic rings. The lowest BCUT2D eigenvalue weighted by molar-refractivity contribution is 0.0926. The van der Waals surface area contributed by atoms with E-state index in [1.54, 1.807) is 0 Å². The van der Waals surface area contributed by atoms with Crippen LogP contribution in [0.3, 0.4) is 0 Å². The third kappa shape index (κ3) is 2.49. The molecule has 1 aliphatic heterocycles. The van der Waals surface area contributed by atoms with E-state index in [-0.39, 0.29) is 23.3 Å². The fourth-order valence-electron chi connectivity index (χ4n) is 1.81. The number of aromatic nitrogens is 1. The van der Waals surface area contributed by atoms with Gasteiger partial charge in [-0.1, -0.05) is 0 Å². The summed E-state index contributed by atoms with van der Waals surface area (Å²) in [6, 6.07) is 1.72.